The number of ether oxygens (including phenoxy) is 1. The number of ketones is 1. The van der Waals surface area contributed by atoms with Gasteiger partial charge >= 0.3 is 0 Å². The molecule has 1 aliphatic heterocycles. The number of fused-ring (bicyclic) bond motifs is 1. The number of benzene rings is 1. The molecule has 1 aromatic carbocycles. The maximum Gasteiger partial charge on any atom is 0.278 e. The van der Waals surface area contributed by atoms with Crippen LogP contribution < -0.4 is 4.74 Å². The number of carbonyl (C=O) groups excluding carboxylic acids is 1. The van der Waals surface area contributed by atoms with E-state index in [1.807, 2.05) is 36.4 Å². The SMILES string of the molecule is CC(F)(F)COc1nc2c(s1)CCN(CCC1CCC(CC(=O)/C=C/c3ccccc3)CC1)C2. The van der Waals surface area contributed by atoms with Crippen molar-refractivity contribution < 1.29 is 18.3 Å². The highest BCUT2D eigenvalue weighted by molar-refractivity contribution is 7.13. The molecule has 1 saturated carbocycles. The number of alkyl halides is 2. The van der Waals surface area contributed by atoms with Crippen LogP contribution in [0.5, 0.6) is 5.19 Å². The van der Waals surface area contributed by atoms with Crippen molar-refractivity contribution in [2.75, 3.05) is 19.7 Å². The molecule has 184 valence electrons. The van der Waals surface area contributed by atoms with E-state index in [0.717, 1.165) is 62.0 Å². The zero-order valence-corrected chi connectivity index (χ0v) is 20.7. The molecule has 1 aromatic heterocycles. The van der Waals surface area contributed by atoms with E-state index in [1.54, 1.807) is 6.08 Å². The van der Waals surface area contributed by atoms with E-state index in [4.69, 9.17) is 4.74 Å². The third-order valence-corrected chi connectivity index (χ3v) is 7.88. The fourth-order valence-corrected chi connectivity index (χ4v) is 5.77. The van der Waals surface area contributed by atoms with E-state index in [1.165, 1.54) is 30.6 Å². The van der Waals surface area contributed by atoms with E-state index < -0.39 is 12.5 Å². The lowest BCUT2D eigenvalue weighted by Crippen LogP contribution is -2.32. The standard InChI is InChI=1S/C27H34F2N2O2S/c1-27(28,29)19-33-26-30-24-18-31(16-14-25(24)34-26)15-13-21-7-9-22(10-8-21)17-23(32)12-11-20-5-3-2-4-6-20/h2-6,11-12,21-22H,7-10,13-19H2,1H3/b12-11+. The number of hydrogen-bond acceptors (Lipinski definition) is 5. The Kier molecular flexibility index (Phi) is 8.48. The number of thiazole rings is 1. The molecule has 2 aromatic rings. The van der Waals surface area contributed by atoms with Crippen LogP contribution in [0.3, 0.4) is 0 Å². The van der Waals surface area contributed by atoms with Crippen LogP contribution in [0, 0.1) is 11.8 Å². The van der Waals surface area contributed by atoms with Gasteiger partial charge in [0.2, 0.25) is 0 Å². The number of nitrogens with zero attached hydrogens (tertiary/aromatic N) is 2. The van der Waals surface area contributed by atoms with Crippen molar-refractivity contribution in [3.63, 3.8) is 0 Å². The number of rotatable bonds is 10. The molecule has 4 nitrogen and oxygen atoms in total. The van der Waals surface area contributed by atoms with Crippen molar-refractivity contribution in [1.29, 1.82) is 0 Å². The van der Waals surface area contributed by atoms with Gasteiger partial charge in [-0.1, -0.05) is 60.6 Å². The van der Waals surface area contributed by atoms with Crippen LogP contribution in [-0.4, -0.2) is 41.3 Å². The van der Waals surface area contributed by atoms with Crippen LogP contribution in [0.4, 0.5) is 8.78 Å². The molecule has 0 radical (unpaired) electrons. The van der Waals surface area contributed by atoms with Crippen molar-refractivity contribution >= 4 is 23.2 Å². The van der Waals surface area contributed by atoms with Gasteiger partial charge in [0.15, 0.2) is 12.4 Å². The van der Waals surface area contributed by atoms with E-state index >= 15 is 0 Å². The molecule has 0 N–H and O–H groups in total. The van der Waals surface area contributed by atoms with Gasteiger partial charge in [-0.15, -0.1) is 0 Å². The first kappa shape index (κ1) is 25.0. The van der Waals surface area contributed by atoms with Gasteiger partial charge < -0.3 is 4.74 Å². The molecule has 7 heteroatoms. The lowest BCUT2D eigenvalue weighted by Gasteiger charge is -2.31. The Morgan fingerprint density at radius 2 is 1.94 bits per heavy atom. The summed E-state index contributed by atoms with van der Waals surface area (Å²) in [5, 5.41) is 0.361. The van der Waals surface area contributed by atoms with Crippen LogP contribution in [0.2, 0.25) is 0 Å². The quantitative estimate of drug-likeness (QED) is 0.363. The summed E-state index contributed by atoms with van der Waals surface area (Å²) in [5.41, 5.74) is 2.05. The number of allylic oxidation sites excluding steroid dienone is 1. The smallest absolute Gasteiger partial charge is 0.278 e. The summed E-state index contributed by atoms with van der Waals surface area (Å²) < 4.78 is 31.3. The largest absolute Gasteiger partial charge is 0.464 e. The zero-order chi connectivity index (χ0) is 24.0. The number of hydrogen-bond donors (Lipinski definition) is 0. The van der Waals surface area contributed by atoms with Gasteiger partial charge in [0.05, 0.1) is 5.69 Å². The third kappa shape index (κ3) is 7.70. The second-order valence-corrected chi connectivity index (χ2v) is 10.9. The van der Waals surface area contributed by atoms with Gasteiger partial charge in [0.25, 0.3) is 11.1 Å². The molecule has 34 heavy (non-hydrogen) atoms. The van der Waals surface area contributed by atoms with Gasteiger partial charge in [0, 0.05) is 31.3 Å². The zero-order valence-electron chi connectivity index (χ0n) is 19.8. The summed E-state index contributed by atoms with van der Waals surface area (Å²) in [6.07, 6.45) is 11.0. The Hall–Kier alpha value is -2.12. The highest BCUT2D eigenvalue weighted by Gasteiger charge is 2.27. The summed E-state index contributed by atoms with van der Waals surface area (Å²) in [5.74, 6) is -1.39. The first-order valence-corrected chi connectivity index (χ1v) is 13.1. The van der Waals surface area contributed by atoms with E-state index in [2.05, 4.69) is 9.88 Å². The minimum Gasteiger partial charge on any atom is -0.464 e. The molecule has 0 spiro atoms. The molecular weight excluding hydrogens is 454 g/mol. The van der Waals surface area contributed by atoms with Crippen LogP contribution in [0.25, 0.3) is 6.08 Å². The van der Waals surface area contributed by atoms with Gasteiger partial charge in [-0.25, -0.2) is 13.8 Å². The second kappa shape index (κ2) is 11.5. The van der Waals surface area contributed by atoms with Crippen LogP contribution in [0.1, 0.15) is 61.6 Å². The molecule has 0 saturated heterocycles. The molecular formula is C27H34F2N2O2S. The maximum absolute atomic E-state index is 13.0. The summed E-state index contributed by atoms with van der Waals surface area (Å²) in [6.45, 7) is 3.02. The topological polar surface area (TPSA) is 42.4 Å². The van der Waals surface area contributed by atoms with Gasteiger partial charge in [-0.05, 0) is 55.7 Å². The molecule has 4 rings (SSSR count). The van der Waals surface area contributed by atoms with Gasteiger partial charge in [0.1, 0.15) is 0 Å². The lowest BCUT2D eigenvalue weighted by atomic mass is 9.78. The molecule has 1 aliphatic carbocycles. The number of aromatic nitrogens is 1. The van der Waals surface area contributed by atoms with Crippen molar-refractivity contribution in [1.82, 2.24) is 9.88 Å². The average Bonchev–Trinajstić information content (AvgIpc) is 3.24. The van der Waals surface area contributed by atoms with E-state index in [0.29, 0.717) is 23.5 Å². The molecule has 2 heterocycles. The Balaban J connectivity index is 1.15. The van der Waals surface area contributed by atoms with Gasteiger partial charge in [-0.2, -0.15) is 0 Å². The Morgan fingerprint density at radius 3 is 2.68 bits per heavy atom. The summed E-state index contributed by atoms with van der Waals surface area (Å²) in [6, 6.07) is 9.95. The molecule has 2 aliphatic rings. The van der Waals surface area contributed by atoms with Crippen molar-refractivity contribution in [3.05, 3.63) is 52.5 Å². The number of halogens is 2. The predicted molar refractivity (Wildman–Crippen MR) is 132 cm³/mol. The Labute approximate surface area is 205 Å². The normalized spacial score (nSPS) is 21.5. The fraction of sp³-hybridized carbons (Fsp3) is 0.556. The minimum absolute atomic E-state index is 0.227. The van der Waals surface area contributed by atoms with E-state index in [-0.39, 0.29) is 5.78 Å². The molecule has 0 bridgehead atoms. The highest BCUT2D eigenvalue weighted by Crippen LogP contribution is 2.34. The minimum atomic E-state index is -2.84. The van der Waals surface area contributed by atoms with Crippen molar-refractivity contribution in [2.45, 2.75) is 64.3 Å². The molecule has 0 atom stereocenters. The first-order valence-electron chi connectivity index (χ1n) is 12.3. The molecule has 0 unspecified atom stereocenters. The highest BCUT2D eigenvalue weighted by atomic mass is 32.1. The first-order chi connectivity index (χ1) is 16.3. The summed E-state index contributed by atoms with van der Waals surface area (Å²) in [4.78, 5) is 20.4. The van der Waals surface area contributed by atoms with Crippen LogP contribution >= 0.6 is 11.3 Å². The van der Waals surface area contributed by atoms with Crippen LogP contribution in [0.15, 0.2) is 36.4 Å². The summed E-state index contributed by atoms with van der Waals surface area (Å²) in [7, 11) is 0. The average molecular weight is 489 g/mol. The fourth-order valence-electron chi connectivity index (χ4n) is 4.87. The van der Waals surface area contributed by atoms with Crippen LogP contribution in [-0.2, 0) is 17.8 Å². The van der Waals surface area contributed by atoms with E-state index in [9.17, 15) is 13.6 Å². The Bertz CT molecular complexity index is 963. The van der Waals surface area contributed by atoms with Crippen molar-refractivity contribution in [3.8, 4) is 5.19 Å². The monoisotopic (exact) mass is 488 g/mol. The predicted octanol–water partition coefficient (Wildman–Crippen LogP) is 6.40. The molecule has 1 fully saturated rings. The van der Waals surface area contributed by atoms with Gasteiger partial charge in [-0.3, -0.25) is 9.69 Å². The lowest BCUT2D eigenvalue weighted by molar-refractivity contribution is -0.115. The maximum atomic E-state index is 13.0. The molecule has 0 amide bonds. The van der Waals surface area contributed by atoms with Crippen molar-refractivity contribution in [2.24, 2.45) is 11.8 Å². The number of carbonyl (C=O) groups is 1. The second-order valence-electron chi connectivity index (χ2n) is 9.82. The third-order valence-electron chi connectivity index (χ3n) is 6.81. The Morgan fingerprint density at radius 1 is 1.21 bits per heavy atom. The summed E-state index contributed by atoms with van der Waals surface area (Å²) >= 11 is 1.41.